The van der Waals surface area contributed by atoms with Crippen molar-refractivity contribution in [3.05, 3.63) is 0 Å². The summed E-state index contributed by atoms with van der Waals surface area (Å²) in [7, 11) is 1.49. The molecular weight excluding hydrogens is 254 g/mol. The Morgan fingerprint density at radius 3 is 2.53 bits per heavy atom. The van der Waals surface area contributed by atoms with Crippen molar-refractivity contribution in [2.24, 2.45) is 0 Å². The number of unbranched alkanes of at least 4 members (excludes halogenated alkanes) is 1. The number of nitrogens with one attached hydrogen (secondary N) is 1. The van der Waals surface area contributed by atoms with E-state index in [1.807, 2.05) is 0 Å². The monoisotopic (exact) mass is 271 g/mol. The molecule has 0 atom stereocenters. The number of urea groups is 1. The largest absolute Gasteiger partial charge is 0.481 e. The fourth-order valence-corrected chi connectivity index (χ4v) is 1.65. The molecule has 0 radical (unpaired) electrons. The standard InChI is InChI=1S/C11H17N3O5/c1-13-7-9(16)14(11(13)19)6-8(15)12-5-3-2-4-10(17)18/h2-7H2,1H3,(H,12,15)(H,17,18). The highest BCUT2D eigenvalue weighted by Gasteiger charge is 2.34. The van der Waals surface area contributed by atoms with Crippen LogP contribution >= 0.6 is 0 Å². The molecule has 0 saturated carbocycles. The third-order valence-electron chi connectivity index (χ3n) is 2.67. The van der Waals surface area contributed by atoms with Gasteiger partial charge < -0.3 is 15.3 Å². The maximum Gasteiger partial charge on any atom is 0.327 e. The lowest BCUT2D eigenvalue weighted by Crippen LogP contribution is -2.41. The molecule has 1 fully saturated rings. The Kier molecular flexibility index (Phi) is 5.28. The Balaban J connectivity index is 2.22. The summed E-state index contributed by atoms with van der Waals surface area (Å²) in [5.74, 6) is -1.69. The molecule has 1 aliphatic heterocycles. The summed E-state index contributed by atoms with van der Waals surface area (Å²) in [5, 5.41) is 11.0. The average Bonchev–Trinajstić information content (AvgIpc) is 2.55. The number of carboxylic acids is 1. The Bertz CT molecular complexity index is 396. The molecule has 2 N–H and O–H groups in total. The second-order valence-corrected chi connectivity index (χ2v) is 4.32. The number of nitrogens with zero attached hydrogens (tertiary/aromatic N) is 2. The SMILES string of the molecule is CN1CC(=O)N(CC(=O)NCCCCC(=O)O)C1=O. The summed E-state index contributed by atoms with van der Waals surface area (Å²) in [4.78, 5) is 46.8. The predicted molar refractivity (Wildman–Crippen MR) is 64.2 cm³/mol. The highest BCUT2D eigenvalue weighted by atomic mass is 16.4. The molecule has 0 aromatic rings. The van der Waals surface area contributed by atoms with E-state index in [9.17, 15) is 19.2 Å². The van der Waals surface area contributed by atoms with E-state index < -0.39 is 23.8 Å². The zero-order valence-electron chi connectivity index (χ0n) is 10.7. The lowest BCUT2D eigenvalue weighted by atomic mass is 10.2. The molecule has 1 rings (SSSR count). The number of carboxylic acid groups (broad SMARTS) is 1. The van der Waals surface area contributed by atoms with Gasteiger partial charge in [0.25, 0.3) is 5.91 Å². The zero-order valence-corrected chi connectivity index (χ0v) is 10.7. The van der Waals surface area contributed by atoms with Gasteiger partial charge in [-0.2, -0.15) is 0 Å². The van der Waals surface area contributed by atoms with Gasteiger partial charge in [-0.25, -0.2) is 4.79 Å². The first kappa shape index (κ1) is 14.9. The van der Waals surface area contributed by atoms with Crippen LogP contribution in [0.25, 0.3) is 0 Å². The molecule has 1 heterocycles. The summed E-state index contributed by atoms with van der Waals surface area (Å²) in [6, 6.07) is -0.481. The van der Waals surface area contributed by atoms with Crippen LogP contribution in [-0.4, -0.2) is 65.4 Å². The molecule has 8 nitrogen and oxygen atoms in total. The van der Waals surface area contributed by atoms with Crippen LogP contribution in [0.2, 0.25) is 0 Å². The van der Waals surface area contributed by atoms with Gasteiger partial charge in [-0.1, -0.05) is 0 Å². The Morgan fingerprint density at radius 1 is 1.32 bits per heavy atom. The number of amides is 4. The summed E-state index contributed by atoms with van der Waals surface area (Å²) in [6.07, 6.45) is 1.07. The minimum atomic E-state index is -0.873. The summed E-state index contributed by atoms with van der Waals surface area (Å²) in [5.41, 5.74) is 0. The molecule has 0 unspecified atom stereocenters. The van der Waals surface area contributed by atoms with E-state index in [0.717, 1.165) is 4.90 Å². The summed E-state index contributed by atoms with van der Waals surface area (Å²) < 4.78 is 0. The highest BCUT2D eigenvalue weighted by molar-refractivity contribution is 6.04. The number of aliphatic carboxylic acids is 1. The van der Waals surface area contributed by atoms with Crippen LogP contribution in [0.15, 0.2) is 0 Å². The zero-order chi connectivity index (χ0) is 14.4. The van der Waals surface area contributed by atoms with Gasteiger partial charge in [0.05, 0.1) is 0 Å². The first-order chi connectivity index (χ1) is 8.91. The lowest BCUT2D eigenvalue weighted by molar-refractivity contribution is -0.137. The molecule has 8 heteroatoms. The second kappa shape index (κ2) is 6.72. The number of imide groups is 1. The Labute approximate surface area is 110 Å². The molecule has 106 valence electrons. The molecule has 4 amide bonds. The van der Waals surface area contributed by atoms with E-state index in [1.54, 1.807) is 0 Å². The first-order valence-corrected chi connectivity index (χ1v) is 5.95. The van der Waals surface area contributed by atoms with Crippen LogP contribution in [-0.2, 0) is 14.4 Å². The van der Waals surface area contributed by atoms with Gasteiger partial charge in [0.2, 0.25) is 5.91 Å². The predicted octanol–water partition coefficient (Wildman–Crippen LogP) is -0.748. The molecule has 0 spiro atoms. The van der Waals surface area contributed by atoms with Crippen molar-refractivity contribution in [2.45, 2.75) is 19.3 Å². The van der Waals surface area contributed by atoms with Crippen molar-refractivity contribution in [1.29, 1.82) is 0 Å². The van der Waals surface area contributed by atoms with E-state index in [1.165, 1.54) is 11.9 Å². The van der Waals surface area contributed by atoms with E-state index in [-0.39, 0.29) is 19.5 Å². The van der Waals surface area contributed by atoms with Crippen LogP contribution in [0.1, 0.15) is 19.3 Å². The van der Waals surface area contributed by atoms with Gasteiger partial charge in [0.15, 0.2) is 0 Å². The fourth-order valence-electron chi connectivity index (χ4n) is 1.65. The van der Waals surface area contributed by atoms with Crippen molar-refractivity contribution in [3.8, 4) is 0 Å². The molecule has 1 aliphatic rings. The number of carbonyl (C=O) groups is 4. The van der Waals surface area contributed by atoms with Crippen molar-refractivity contribution < 1.29 is 24.3 Å². The first-order valence-electron chi connectivity index (χ1n) is 5.95. The van der Waals surface area contributed by atoms with Crippen molar-refractivity contribution in [3.63, 3.8) is 0 Å². The smallest absolute Gasteiger partial charge is 0.327 e. The minimum Gasteiger partial charge on any atom is -0.481 e. The molecule has 19 heavy (non-hydrogen) atoms. The molecule has 0 aromatic heterocycles. The number of rotatable bonds is 7. The minimum absolute atomic E-state index is 0.00920. The van der Waals surface area contributed by atoms with E-state index >= 15 is 0 Å². The number of carbonyl (C=O) groups excluding carboxylic acids is 3. The molecular formula is C11H17N3O5. The van der Waals surface area contributed by atoms with Gasteiger partial charge >= 0.3 is 12.0 Å². The molecule has 0 aromatic carbocycles. The van der Waals surface area contributed by atoms with Crippen LogP contribution in [0.3, 0.4) is 0 Å². The number of hydrogen-bond acceptors (Lipinski definition) is 4. The third-order valence-corrected chi connectivity index (χ3v) is 2.67. The van der Waals surface area contributed by atoms with Crippen molar-refractivity contribution >= 4 is 23.8 Å². The lowest BCUT2D eigenvalue weighted by Gasteiger charge is -2.13. The molecule has 0 bridgehead atoms. The van der Waals surface area contributed by atoms with Crippen LogP contribution in [0.4, 0.5) is 4.79 Å². The number of likely N-dealkylation sites (N-methyl/N-ethyl adjacent to an activating group) is 1. The van der Waals surface area contributed by atoms with E-state index in [2.05, 4.69) is 5.32 Å². The molecule has 0 aliphatic carbocycles. The topological polar surface area (TPSA) is 107 Å². The highest BCUT2D eigenvalue weighted by Crippen LogP contribution is 2.06. The summed E-state index contributed by atoms with van der Waals surface area (Å²) in [6.45, 7) is 0.0316. The fraction of sp³-hybridized carbons (Fsp3) is 0.636. The van der Waals surface area contributed by atoms with Gasteiger partial charge in [-0.3, -0.25) is 19.3 Å². The second-order valence-electron chi connectivity index (χ2n) is 4.32. The third kappa shape index (κ3) is 4.57. The summed E-state index contributed by atoms with van der Waals surface area (Å²) >= 11 is 0. The van der Waals surface area contributed by atoms with Gasteiger partial charge in [-0.05, 0) is 12.8 Å². The maximum absolute atomic E-state index is 11.5. The van der Waals surface area contributed by atoms with Gasteiger partial charge in [0.1, 0.15) is 13.1 Å². The van der Waals surface area contributed by atoms with Gasteiger partial charge in [-0.15, -0.1) is 0 Å². The average molecular weight is 271 g/mol. The van der Waals surface area contributed by atoms with Crippen LogP contribution < -0.4 is 5.32 Å². The Morgan fingerprint density at radius 2 is 2.00 bits per heavy atom. The maximum atomic E-state index is 11.5. The van der Waals surface area contributed by atoms with Gasteiger partial charge in [0, 0.05) is 20.0 Å². The quantitative estimate of drug-likeness (QED) is 0.468. The van der Waals surface area contributed by atoms with Crippen LogP contribution in [0, 0.1) is 0 Å². The van der Waals surface area contributed by atoms with E-state index in [4.69, 9.17) is 5.11 Å². The molecule has 1 saturated heterocycles. The van der Waals surface area contributed by atoms with E-state index in [0.29, 0.717) is 19.4 Å². The van der Waals surface area contributed by atoms with Crippen molar-refractivity contribution in [2.75, 3.05) is 26.7 Å². The van der Waals surface area contributed by atoms with Crippen molar-refractivity contribution in [1.82, 2.24) is 15.1 Å². The number of hydrogen-bond donors (Lipinski definition) is 2. The normalized spacial score (nSPS) is 15.0. The van der Waals surface area contributed by atoms with Crippen LogP contribution in [0.5, 0.6) is 0 Å². The Hall–Kier alpha value is -2.12.